The predicted molar refractivity (Wildman–Crippen MR) is 215 cm³/mol. The lowest BCUT2D eigenvalue weighted by molar-refractivity contribution is -0.161. The van der Waals surface area contributed by atoms with Crippen molar-refractivity contribution in [1.29, 1.82) is 0 Å². The second-order valence-corrected chi connectivity index (χ2v) is 14.8. The Morgan fingerprint density at radius 1 is 0.778 bits per heavy atom. The molecule has 4 atom stereocenters. The molecular weight excluding hydrogens is 707 g/mol. The van der Waals surface area contributed by atoms with Crippen molar-refractivity contribution in [2.24, 2.45) is 11.8 Å². The van der Waals surface area contributed by atoms with Gasteiger partial charge in [-0.25, -0.2) is 4.57 Å². The Morgan fingerprint density at radius 2 is 1.41 bits per heavy atom. The van der Waals surface area contributed by atoms with Gasteiger partial charge in [-0.3, -0.25) is 18.9 Å². The molecule has 0 saturated heterocycles. The molecule has 54 heavy (non-hydrogen) atoms. The molecule has 304 valence electrons. The number of rotatable bonds is 32. The molecule has 0 aliphatic heterocycles. The molecule has 10 nitrogen and oxygen atoms in total. The topological polar surface area (TPSA) is 157 Å². The monoisotopic (exact) mass is 774 g/mol. The summed E-state index contributed by atoms with van der Waals surface area (Å²) in [5.74, 6) is -1.33. The summed E-state index contributed by atoms with van der Waals surface area (Å²) in [5.41, 5.74) is 0. The fraction of sp³-hybridized carbons (Fsp3) is 0.605. The van der Waals surface area contributed by atoms with Gasteiger partial charge in [0.1, 0.15) is 6.61 Å². The number of aliphatic hydroxyl groups is 1. The quantitative estimate of drug-likeness (QED) is 0.0260. The Balaban J connectivity index is 2.30. The Bertz CT molecular complexity index is 1290. The minimum Gasteiger partial charge on any atom is -0.462 e. The lowest BCUT2D eigenvalue weighted by atomic mass is 9.90. The first-order valence-corrected chi connectivity index (χ1v) is 21.5. The molecule has 0 bridgehead atoms. The number of hydrogen-bond donors (Lipinski definition) is 3. The highest BCUT2D eigenvalue weighted by Gasteiger charge is 2.27. The number of aliphatic hydroxyl groups excluding tert-OH is 1. The maximum absolute atomic E-state index is 12.5. The van der Waals surface area contributed by atoms with E-state index in [-0.39, 0.29) is 37.1 Å². The van der Waals surface area contributed by atoms with Crippen LogP contribution in [0.15, 0.2) is 85.1 Å². The second-order valence-electron chi connectivity index (χ2n) is 13.5. The van der Waals surface area contributed by atoms with E-state index in [1.54, 1.807) is 12.2 Å². The average Bonchev–Trinajstić information content (AvgIpc) is 3.49. The van der Waals surface area contributed by atoms with Gasteiger partial charge in [0.15, 0.2) is 11.9 Å². The average molecular weight is 775 g/mol. The Morgan fingerprint density at radius 3 is 2.09 bits per heavy atom. The molecule has 1 aliphatic carbocycles. The van der Waals surface area contributed by atoms with Crippen molar-refractivity contribution in [3.05, 3.63) is 85.1 Å². The zero-order chi connectivity index (χ0) is 39.7. The molecule has 0 amide bonds. The summed E-state index contributed by atoms with van der Waals surface area (Å²) >= 11 is 0. The maximum atomic E-state index is 12.5. The van der Waals surface area contributed by atoms with E-state index in [2.05, 4.69) is 67.0 Å². The molecule has 0 aromatic rings. The number of ether oxygens (including phenoxy) is 2. The van der Waals surface area contributed by atoms with Crippen molar-refractivity contribution < 1.29 is 47.8 Å². The van der Waals surface area contributed by atoms with Crippen LogP contribution in [0.5, 0.6) is 0 Å². The van der Waals surface area contributed by atoms with E-state index in [0.29, 0.717) is 32.1 Å². The van der Waals surface area contributed by atoms with Crippen molar-refractivity contribution in [3.8, 4) is 0 Å². The first kappa shape index (κ1) is 48.9. The molecule has 1 aliphatic rings. The van der Waals surface area contributed by atoms with Gasteiger partial charge in [-0.2, -0.15) is 0 Å². The molecule has 11 heteroatoms. The summed E-state index contributed by atoms with van der Waals surface area (Å²) in [6.07, 6.45) is 40.7. The van der Waals surface area contributed by atoms with Crippen LogP contribution in [-0.2, 0) is 32.9 Å². The molecule has 0 spiro atoms. The van der Waals surface area contributed by atoms with Gasteiger partial charge >= 0.3 is 19.8 Å². The highest BCUT2D eigenvalue weighted by Crippen LogP contribution is 2.36. The van der Waals surface area contributed by atoms with Crippen molar-refractivity contribution >= 4 is 25.5 Å². The van der Waals surface area contributed by atoms with Crippen molar-refractivity contribution in [2.45, 2.75) is 142 Å². The molecule has 1 rings (SSSR count). The van der Waals surface area contributed by atoms with Gasteiger partial charge in [0.25, 0.3) is 0 Å². The van der Waals surface area contributed by atoms with Crippen LogP contribution in [0.25, 0.3) is 0 Å². The van der Waals surface area contributed by atoms with E-state index < -0.39 is 38.6 Å². The minimum absolute atomic E-state index is 0.0110. The zero-order valence-corrected chi connectivity index (χ0v) is 33.6. The molecule has 0 radical (unpaired) electrons. The number of allylic oxidation sites excluding steroid dienone is 13. The van der Waals surface area contributed by atoms with Crippen molar-refractivity contribution in [1.82, 2.24) is 0 Å². The van der Waals surface area contributed by atoms with Gasteiger partial charge in [-0.05, 0) is 82.6 Å². The van der Waals surface area contributed by atoms with Gasteiger partial charge < -0.3 is 24.4 Å². The van der Waals surface area contributed by atoms with Crippen LogP contribution in [0, 0.1) is 11.8 Å². The summed E-state index contributed by atoms with van der Waals surface area (Å²) < 4.78 is 26.3. The molecule has 0 aromatic carbocycles. The summed E-state index contributed by atoms with van der Waals surface area (Å²) in [5, 5.41) is 10.2. The van der Waals surface area contributed by atoms with Gasteiger partial charge in [0, 0.05) is 18.8 Å². The molecule has 0 heterocycles. The van der Waals surface area contributed by atoms with Gasteiger partial charge in [-0.15, -0.1) is 0 Å². The molecule has 3 N–H and O–H groups in total. The first-order chi connectivity index (χ1) is 26.1. The number of esters is 2. The van der Waals surface area contributed by atoms with Crippen molar-refractivity contribution in [3.63, 3.8) is 0 Å². The lowest BCUT2D eigenvalue weighted by Crippen LogP contribution is -2.29. The first-order valence-electron chi connectivity index (χ1n) is 19.9. The summed E-state index contributed by atoms with van der Waals surface area (Å²) in [6, 6.07) is 0. The molecular formula is C43H67O10P. The third-order valence-corrected chi connectivity index (χ3v) is 9.13. The number of carbonyl (C=O) groups excluding carboxylic acids is 3. The van der Waals surface area contributed by atoms with E-state index in [1.165, 1.54) is 0 Å². The van der Waals surface area contributed by atoms with Crippen LogP contribution in [0.4, 0.5) is 0 Å². The van der Waals surface area contributed by atoms with Crippen LogP contribution in [0.1, 0.15) is 129 Å². The lowest BCUT2D eigenvalue weighted by Gasteiger charge is -2.18. The highest BCUT2D eigenvalue weighted by molar-refractivity contribution is 7.46. The zero-order valence-electron chi connectivity index (χ0n) is 32.7. The Labute approximate surface area is 324 Å². The van der Waals surface area contributed by atoms with Crippen LogP contribution < -0.4 is 0 Å². The number of phosphoric ester groups is 1. The SMILES string of the molecule is CC/C=C\C/C=C\C/C=C\C/C=C\CCCCCCC(=O)OC[C@H](COP(=O)(O)O)OC(=O)CCC/C=C\C[C@H]1C=CC(=O)[C@@H]1/C=C/[C@@H](O)CCCCC. The number of ketones is 1. The highest BCUT2D eigenvalue weighted by atomic mass is 31.2. The van der Waals surface area contributed by atoms with Crippen LogP contribution in [-0.4, -0.2) is 58.0 Å². The van der Waals surface area contributed by atoms with E-state index in [9.17, 15) is 24.1 Å². The number of hydrogen-bond acceptors (Lipinski definition) is 8. The summed E-state index contributed by atoms with van der Waals surface area (Å²) in [4.78, 5) is 55.3. The van der Waals surface area contributed by atoms with Gasteiger partial charge in [0.2, 0.25) is 0 Å². The third kappa shape index (κ3) is 28.3. The smallest absolute Gasteiger partial charge is 0.462 e. The van der Waals surface area contributed by atoms with Crippen LogP contribution in [0.2, 0.25) is 0 Å². The third-order valence-electron chi connectivity index (χ3n) is 8.65. The van der Waals surface area contributed by atoms with E-state index in [1.807, 2.05) is 24.3 Å². The fourth-order valence-electron chi connectivity index (χ4n) is 5.59. The summed E-state index contributed by atoms with van der Waals surface area (Å²) in [6.45, 7) is 3.26. The number of carbonyl (C=O) groups is 3. The van der Waals surface area contributed by atoms with Gasteiger partial charge in [0.05, 0.1) is 12.7 Å². The molecule has 0 aromatic heterocycles. The number of phosphoric acid groups is 1. The normalized spacial score (nSPS) is 17.8. The van der Waals surface area contributed by atoms with Gasteiger partial charge in [-0.1, -0.05) is 125 Å². The number of unbranched alkanes of at least 4 members (excludes halogenated alkanes) is 7. The van der Waals surface area contributed by atoms with Crippen LogP contribution in [0.3, 0.4) is 0 Å². The molecule has 0 saturated carbocycles. The largest absolute Gasteiger partial charge is 0.469 e. The molecule has 0 unspecified atom stereocenters. The Hall–Kier alpha value is -3.14. The van der Waals surface area contributed by atoms with E-state index >= 15 is 0 Å². The predicted octanol–water partition coefficient (Wildman–Crippen LogP) is 9.68. The van der Waals surface area contributed by atoms with Crippen LogP contribution >= 0.6 is 7.82 Å². The second kappa shape index (κ2) is 32.1. The maximum Gasteiger partial charge on any atom is 0.469 e. The standard InChI is InChI=1S/C43H67O10P/c1-3-5-7-8-9-10-11-12-13-14-15-16-17-18-19-20-25-29-42(46)51-35-39(36-52-54(48,49)50)53-43(47)30-26-22-21-24-27-37-31-34-41(45)40(37)33-32-38(44)28-23-6-4-2/h5,7,9-10,12-13,15-16,21,24,31-34,37-40,44H,3-4,6,8,11,14,17-20,22-23,25-30,35-36H2,1-2H3,(H2,48,49,50)/b7-5-,10-9-,13-12-,16-15-,24-21-,33-32+/t37-,38-,39+,40+/m0/s1. The molecule has 0 fully saturated rings. The van der Waals surface area contributed by atoms with Crippen molar-refractivity contribution in [2.75, 3.05) is 13.2 Å². The fourth-order valence-corrected chi connectivity index (χ4v) is 5.95. The van der Waals surface area contributed by atoms with E-state index in [0.717, 1.165) is 70.6 Å². The minimum atomic E-state index is -4.82. The summed E-state index contributed by atoms with van der Waals surface area (Å²) in [7, 11) is -4.82. The van der Waals surface area contributed by atoms with E-state index in [4.69, 9.17) is 19.3 Å². The Kier molecular flexibility index (Phi) is 29.1.